The zero-order valence-corrected chi connectivity index (χ0v) is 18.2. The Bertz CT molecular complexity index is 1010. The number of rotatable bonds is 6. The number of benzene rings is 2. The third-order valence-corrected chi connectivity index (χ3v) is 5.45. The minimum Gasteiger partial charge on any atom is -0.481 e. The first-order valence-corrected chi connectivity index (χ1v) is 10.8. The number of amides is 1. The SMILES string of the molecule is C[C@H](Oc1cccc(Cl)c1)C(=O)N1CCCN(Cc2noc(-c3ccccc3)n2)CC1. The molecule has 1 amide bonds. The van der Waals surface area contributed by atoms with Crippen molar-refractivity contribution in [2.45, 2.75) is 26.0 Å². The first kappa shape index (κ1) is 21.3. The van der Waals surface area contributed by atoms with Gasteiger partial charge in [0.1, 0.15) is 5.75 Å². The van der Waals surface area contributed by atoms with Gasteiger partial charge >= 0.3 is 0 Å². The second kappa shape index (κ2) is 9.94. The lowest BCUT2D eigenvalue weighted by Crippen LogP contribution is -2.42. The number of halogens is 1. The molecule has 0 aliphatic carbocycles. The Morgan fingerprint density at radius 3 is 2.77 bits per heavy atom. The molecule has 0 radical (unpaired) electrons. The van der Waals surface area contributed by atoms with Gasteiger partial charge in [-0.2, -0.15) is 4.98 Å². The molecule has 1 aromatic heterocycles. The molecular formula is C23H25ClN4O3. The van der Waals surface area contributed by atoms with Crippen LogP contribution in [0.15, 0.2) is 59.1 Å². The molecule has 1 aliphatic rings. The molecule has 7 nitrogen and oxygen atoms in total. The number of carbonyl (C=O) groups is 1. The first-order chi connectivity index (χ1) is 15.1. The molecule has 31 heavy (non-hydrogen) atoms. The highest BCUT2D eigenvalue weighted by molar-refractivity contribution is 6.30. The van der Waals surface area contributed by atoms with Gasteiger partial charge < -0.3 is 14.2 Å². The summed E-state index contributed by atoms with van der Waals surface area (Å²) >= 11 is 6.00. The predicted molar refractivity (Wildman–Crippen MR) is 118 cm³/mol. The van der Waals surface area contributed by atoms with E-state index in [1.165, 1.54) is 0 Å². The van der Waals surface area contributed by atoms with Crippen molar-refractivity contribution in [3.8, 4) is 17.2 Å². The third-order valence-electron chi connectivity index (χ3n) is 5.21. The molecule has 3 aromatic rings. The van der Waals surface area contributed by atoms with Crippen LogP contribution in [0.2, 0.25) is 5.02 Å². The van der Waals surface area contributed by atoms with E-state index in [2.05, 4.69) is 15.0 Å². The molecular weight excluding hydrogens is 416 g/mol. The van der Waals surface area contributed by atoms with Crippen molar-refractivity contribution < 1.29 is 14.1 Å². The zero-order valence-electron chi connectivity index (χ0n) is 17.4. The van der Waals surface area contributed by atoms with Crippen LogP contribution in [0.25, 0.3) is 11.5 Å². The molecule has 0 unspecified atom stereocenters. The smallest absolute Gasteiger partial charge is 0.263 e. The fraction of sp³-hybridized carbons (Fsp3) is 0.348. The van der Waals surface area contributed by atoms with Crippen LogP contribution in [0.3, 0.4) is 0 Å². The summed E-state index contributed by atoms with van der Waals surface area (Å²) in [5, 5.41) is 4.70. The molecule has 1 fully saturated rings. The van der Waals surface area contributed by atoms with E-state index in [0.717, 1.165) is 25.1 Å². The van der Waals surface area contributed by atoms with Crippen molar-refractivity contribution in [1.82, 2.24) is 19.9 Å². The Balaban J connectivity index is 1.31. The summed E-state index contributed by atoms with van der Waals surface area (Å²) in [6, 6.07) is 16.8. The number of hydrogen-bond donors (Lipinski definition) is 0. The average Bonchev–Trinajstić information content (AvgIpc) is 3.12. The van der Waals surface area contributed by atoms with E-state index in [9.17, 15) is 4.79 Å². The second-order valence-corrected chi connectivity index (χ2v) is 7.99. The van der Waals surface area contributed by atoms with Crippen LogP contribution < -0.4 is 4.74 Å². The fourth-order valence-electron chi connectivity index (χ4n) is 3.62. The standard InChI is InChI=1S/C23H25ClN4O3/c1-17(30-20-10-5-9-19(24)15-20)23(29)28-12-6-11-27(13-14-28)16-21-25-22(31-26-21)18-7-3-2-4-8-18/h2-5,7-10,15,17H,6,11-14,16H2,1H3/t17-/m0/s1. The van der Waals surface area contributed by atoms with Gasteiger partial charge in [-0.25, -0.2) is 0 Å². The molecule has 1 aliphatic heterocycles. The summed E-state index contributed by atoms with van der Waals surface area (Å²) < 4.78 is 11.2. The lowest BCUT2D eigenvalue weighted by Gasteiger charge is -2.25. The van der Waals surface area contributed by atoms with Gasteiger partial charge in [0.2, 0.25) is 0 Å². The maximum Gasteiger partial charge on any atom is 0.263 e. The quantitative estimate of drug-likeness (QED) is 0.579. The molecule has 4 rings (SSSR count). The maximum atomic E-state index is 12.9. The number of aromatic nitrogens is 2. The molecule has 162 valence electrons. The van der Waals surface area contributed by atoms with Crippen LogP contribution in [0.4, 0.5) is 0 Å². The second-order valence-electron chi connectivity index (χ2n) is 7.55. The topological polar surface area (TPSA) is 71.7 Å². The highest BCUT2D eigenvalue weighted by atomic mass is 35.5. The van der Waals surface area contributed by atoms with Gasteiger partial charge in [0.05, 0.1) is 6.54 Å². The van der Waals surface area contributed by atoms with Gasteiger partial charge in [0.25, 0.3) is 11.8 Å². The Morgan fingerprint density at radius 2 is 1.97 bits per heavy atom. The Morgan fingerprint density at radius 1 is 1.13 bits per heavy atom. The number of hydrogen-bond acceptors (Lipinski definition) is 6. The van der Waals surface area contributed by atoms with Crippen LogP contribution in [0.1, 0.15) is 19.2 Å². The summed E-state index contributed by atoms with van der Waals surface area (Å²) in [5.74, 6) is 1.74. The fourth-order valence-corrected chi connectivity index (χ4v) is 3.80. The van der Waals surface area contributed by atoms with Gasteiger partial charge in [0.15, 0.2) is 11.9 Å². The van der Waals surface area contributed by atoms with Crippen molar-refractivity contribution >= 4 is 17.5 Å². The molecule has 8 heteroatoms. The number of nitrogens with zero attached hydrogens (tertiary/aromatic N) is 4. The lowest BCUT2D eigenvalue weighted by atomic mass is 10.2. The van der Waals surface area contributed by atoms with Crippen LogP contribution in [-0.4, -0.2) is 58.1 Å². The minimum absolute atomic E-state index is 0.0206. The minimum atomic E-state index is -0.573. The summed E-state index contributed by atoms with van der Waals surface area (Å²) in [4.78, 5) is 21.5. The molecule has 1 saturated heterocycles. The van der Waals surface area contributed by atoms with Crippen LogP contribution >= 0.6 is 11.6 Å². The van der Waals surface area contributed by atoms with E-state index in [4.69, 9.17) is 20.9 Å². The lowest BCUT2D eigenvalue weighted by molar-refractivity contribution is -0.137. The Labute approximate surface area is 186 Å². The molecule has 0 bridgehead atoms. The van der Waals surface area contributed by atoms with E-state index < -0.39 is 6.10 Å². The van der Waals surface area contributed by atoms with Crippen LogP contribution in [0.5, 0.6) is 5.75 Å². The van der Waals surface area contributed by atoms with Gasteiger partial charge in [-0.3, -0.25) is 9.69 Å². The van der Waals surface area contributed by atoms with Crippen molar-refractivity contribution in [2.75, 3.05) is 26.2 Å². The van der Waals surface area contributed by atoms with E-state index in [1.807, 2.05) is 35.2 Å². The summed E-state index contributed by atoms with van der Waals surface area (Å²) in [6.07, 6.45) is 0.301. The molecule has 2 aromatic carbocycles. The van der Waals surface area contributed by atoms with Crippen molar-refractivity contribution in [3.05, 3.63) is 65.4 Å². The van der Waals surface area contributed by atoms with Gasteiger partial charge in [0, 0.05) is 36.8 Å². The third kappa shape index (κ3) is 5.62. The van der Waals surface area contributed by atoms with Gasteiger partial charge in [-0.15, -0.1) is 0 Å². The van der Waals surface area contributed by atoms with Gasteiger partial charge in [-0.05, 0) is 43.7 Å². The average molecular weight is 441 g/mol. The molecule has 1 atom stereocenters. The van der Waals surface area contributed by atoms with Crippen molar-refractivity contribution in [2.24, 2.45) is 0 Å². The van der Waals surface area contributed by atoms with Crippen molar-refractivity contribution in [1.29, 1.82) is 0 Å². The van der Waals surface area contributed by atoms with Crippen molar-refractivity contribution in [3.63, 3.8) is 0 Å². The first-order valence-electron chi connectivity index (χ1n) is 10.4. The number of ether oxygens (including phenoxy) is 1. The van der Waals surface area contributed by atoms with E-state index in [-0.39, 0.29) is 5.91 Å². The number of carbonyl (C=O) groups excluding carboxylic acids is 1. The van der Waals surface area contributed by atoms with Crippen LogP contribution in [0, 0.1) is 0 Å². The molecule has 2 heterocycles. The zero-order chi connectivity index (χ0) is 21.6. The molecule has 0 spiro atoms. The summed E-state index contributed by atoms with van der Waals surface area (Å²) in [5.41, 5.74) is 0.905. The predicted octanol–water partition coefficient (Wildman–Crippen LogP) is 3.89. The highest BCUT2D eigenvalue weighted by Crippen LogP contribution is 2.20. The summed E-state index contributed by atoms with van der Waals surface area (Å²) in [7, 11) is 0. The van der Waals surface area contributed by atoms with Crippen LogP contribution in [-0.2, 0) is 11.3 Å². The molecule has 0 N–H and O–H groups in total. The largest absolute Gasteiger partial charge is 0.481 e. The monoisotopic (exact) mass is 440 g/mol. The normalized spacial score (nSPS) is 16.0. The van der Waals surface area contributed by atoms with E-state index in [0.29, 0.717) is 42.1 Å². The molecule has 0 saturated carbocycles. The Hall–Kier alpha value is -2.90. The Kier molecular flexibility index (Phi) is 6.84. The highest BCUT2D eigenvalue weighted by Gasteiger charge is 2.25. The maximum absolute atomic E-state index is 12.9. The van der Waals surface area contributed by atoms with E-state index >= 15 is 0 Å². The summed E-state index contributed by atoms with van der Waals surface area (Å²) in [6.45, 7) is 5.29. The van der Waals surface area contributed by atoms with Gasteiger partial charge in [-0.1, -0.05) is 41.0 Å². The van der Waals surface area contributed by atoms with E-state index in [1.54, 1.807) is 31.2 Å².